The Morgan fingerprint density at radius 3 is 1.42 bits per heavy atom. The van der Waals surface area contributed by atoms with Gasteiger partial charge in [0.05, 0.1) is 6.54 Å². The predicted molar refractivity (Wildman–Crippen MR) is 189 cm³/mol. The molecular formula is C38H46Cl2N4O. The number of nitrogens with zero attached hydrogens (tertiary/aromatic N) is 1. The van der Waals surface area contributed by atoms with Gasteiger partial charge >= 0.3 is 0 Å². The monoisotopic (exact) mass is 644 g/mol. The Morgan fingerprint density at radius 2 is 1.04 bits per heavy atom. The van der Waals surface area contributed by atoms with Crippen molar-refractivity contribution in [3.05, 3.63) is 140 Å². The number of halogens is 2. The average molecular weight is 646 g/mol. The standard InChI is InChI=1S/C38H46Cl2N4O/c1-28(42-19-17-30-5-3-7-36(39)23-30)21-32-9-13-34(14-10-32)25-44(27-38(41)45)26-35-15-11-33(12-16-35)22-29(2)43-20-18-31-6-4-8-37(40)24-31/h3-16,23-24,28-29,42-43H,17-22,25-27H2,1-2H3,(H2,41,45). The summed E-state index contributed by atoms with van der Waals surface area (Å²) in [6, 6.07) is 34.2. The van der Waals surface area contributed by atoms with E-state index in [0.29, 0.717) is 25.2 Å². The highest BCUT2D eigenvalue weighted by molar-refractivity contribution is 6.30. The summed E-state index contributed by atoms with van der Waals surface area (Å²) in [6.07, 6.45) is 3.79. The number of rotatable bonds is 18. The molecule has 0 saturated carbocycles. The van der Waals surface area contributed by atoms with Crippen LogP contribution in [0.1, 0.15) is 47.2 Å². The molecular weight excluding hydrogens is 599 g/mol. The number of carbonyl (C=O) groups excluding carboxylic acids is 1. The molecule has 45 heavy (non-hydrogen) atoms. The Labute approximate surface area is 279 Å². The highest BCUT2D eigenvalue weighted by Gasteiger charge is 2.12. The summed E-state index contributed by atoms with van der Waals surface area (Å²) in [4.78, 5) is 14.0. The van der Waals surface area contributed by atoms with Gasteiger partial charge in [-0.1, -0.05) is 96.0 Å². The molecule has 238 valence electrons. The van der Waals surface area contributed by atoms with Gasteiger partial charge in [-0.3, -0.25) is 9.69 Å². The fourth-order valence-electron chi connectivity index (χ4n) is 5.63. The first-order valence-electron chi connectivity index (χ1n) is 15.8. The van der Waals surface area contributed by atoms with Gasteiger partial charge in [-0.05, 0) is 110 Å². The molecule has 0 aromatic heterocycles. The second-order valence-electron chi connectivity index (χ2n) is 12.1. The van der Waals surface area contributed by atoms with Crippen LogP contribution in [0.2, 0.25) is 10.0 Å². The van der Waals surface area contributed by atoms with E-state index in [4.69, 9.17) is 28.9 Å². The molecule has 0 saturated heterocycles. The van der Waals surface area contributed by atoms with Crippen LogP contribution >= 0.6 is 23.2 Å². The van der Waals surface area contributed by atoms with Crippen molar-refractivity contribution in [3.8, 4) is 0 Å². The molecule has 4 aromatic carbocycles. The Kier molecular flexibility index (Phi) is 13.9. The van der Waals surface area contributed by atoms with Gasteiger partial charge in [-0.2, -0.15) is 0 Å². The lowest BCUT2D eigenvalue weighted by atomic mass is 10.0. The Hall–Kier alpha value is -3.19. The molecule has 0 fully saturated rings. The molecule has 2 unspecified atom stereocenters. The second-order valence-corrected chi connectivity index (χ2v) is 13.0. The van der Waals surface area contributed by atoms with Gasteiger partial charge in [0.1, 0.15) is 0 Å². The fraction of sp³-hybridized carbons (Fsp3) is 0.342. The molecule has 0 aliphatic carbocycles. The molecule has 4 aromatic rings. The van der Waals surface area contributed by atoms with Crippen molar-refractivity contribution in [1.29, 1.82) is 0 Å². The van der Waals surface area contributed by atoms with E-state index in [9.17, 15) is 4.79 Å². The highest BCUT2D eigenvalue weighted by Crippen LogP contribution is 2.15. The van der Waals surface area contributed by atoms with E-state index in [-0.39, 0.29) is 12.5 Å². The number of hydrogen-bond donors (Lipinski definition) is 3. The van der Waals surface area contributed by atoms with Gasteiger partial charge in [0.25, 0.3) is 0 Å². The zero-order valence-corrected chi connectivity index (χ0v) is 28.0. The van der Waals surface area contributed by atoms with Crippen molar-refractivity contribution < 1.29 is 4.79 Å². The second kappa shape index (κ2) is 18.1. The van der Waals surface area contributed by atoms with Crippen molar-refractivity contribution in [2.75, 3.05) is 19.6 Å². The minimum Gasteiger partial charge on any atom is -0.369 e. The van der Waals surface area contributed by atoms with Gasteiger partial charge in [-0.15, -0.1) is 0 Å². The van der Waals surface area contributed by atoms with E-state index >= 15 is 0 Å². The number of amides is 1. The van der Waals surface area contributed by atoms with E-state index in [2.05, 4.69) is 90.0 Å². The van der Waals surface area contributed by atoms with Crippen LogP contribution in [-0.2, 0) is 43.6 Å². The van der Waals surface area contributed by atoms with Crippen LogP contribution in [0.15, 0.2) is 97.1 Å². The van der Waals surface area contributed by atoms with Gasteiger partial charge in [0.2, 0.25) is 5.91 Å². The van der Waals surface area contributed by atoms with Crippen LogP contribution in [0.25, 0.3) is 0 Å². The largest absolute Gasteiger partial charge is 0.369 e. The average Bonchev–Trinajstić information content (AvgIpc) is 2.99. The molecule has 0 bridgehead atoms. The number of nitrogens with one attached hydrogen (secondary N) is 2. The summed E-state index contributed by atoms with van der Waals surface area (Å²) in [6.45, 7) is 7.77. The molecule has 4 N–H and O–H groups in total. The molecule has 0 aliphatic rings. The molecule has 0 aliphatic heterocycles. The van der Waals surface area contributed by atoms with Crippen molar-refractivity contribution in [2.24, 2.45) is 5.73 Å². The van der Waals surface area contributed by atoms with E-state index < -0.39 is 0 Å². The number of carbonyl (C=O) groups is 1. The summed E-state index contributed by atoms with van der Waals surface area (Å²) in [5.74, 6) is -0.321. The molecule has 7 heteroatoms. The smallest absolute Gasteiger partial charge is 0.231 e. The third-order valence-electron chi connectivity index (χ3n) is 7.91. The molecule has 0 radical (unpaired) electrons. The van der Waals surface area contributed by atoms with Crippen LogP contribution in [-0.4, -0.2) is 42.5 Å². The van der Waals surface area contributed by atoms with Crippen molar-refractivity contribution >= 4 is 29.1 Å². The molecule has 4 rings (SSSR count). The summed E-state index contributed by atoms with van der Waals surface area (Å²) in [5, 5.41) is 8.79. The maximum atomic E-state index is 11.9. The topological polar surface area (TPSA) is 70.4 Å². The van der Waals surface area contributed by atoms with E-state index in [1.54, 1.807) is 0 Å². The zero-order valence-electron chi connectivity index (χ0n) is 26.4. The maximum Gasteiger partial charge on any atom is 0.231 e. The minimum atomic E-state index is -0.321. The Morgan fingerprint density at radius 1 is 0.644 bits per heavy atom. The van der Waals surface area contributed by atoms with Gasteiger partial charge in [0, 0.05) is 35.2 Å². The van der Waals surface area contributed by atoms with Crippen LogP contribution in [0.5, 0.6) is 0 Å². The SMILES string of the molecule is CC(Cc1ccc(CN(CC(N)=O)Cc2ccc(CC(C)NCCc3cccc(Cl)c3)cc2)cc1)NCCc1cccc(Cl)c1. The summed E-state index contributed by atoms with van der Waals surface area (Å²) >= 11 is 12.2. The van der Waals surface area contributed by atoms with Crippen LogP contribution in [0, 0.1) is 0 Å². The highest BCUT2D eigenvalue weighted by atomic mass is 35.5. The Bertz CT molecular complexity index is 1370. The first kappa shape index (κ1) is 34.7. The molecule has 0 spiro atoms. The van der Waals surface area contributed by atoms with Crippen LogP contribution in [0.4, 0.5) is 0 Å². The molecule has 0 heterocycles. The number of nitrogens with two attached hydrogens (primary N) is 1. The molecule has 1 amide bonds. The first-order valence-corrected chi connectivity index (χ1v) is 16.6. The zero-order chi connectivity index (χ0) is 32.0. The van der Waals surface area contributed by atoms with Crippen LogP contribution in [0.3, 0.4) is 0 Å². The van der Waals surface area contributed by atoms with E-state index in [0.717, 1.165) is 59.9 Å². The van der Waals surface area contributed by atoms with E-state index in [1.807, 2.05) is 36.4 Å². The van der Waals surface area contributed by atoms with Crippen molar-refractivity contribution in [1.82, 2.24) is 15.5 Å². The lowest BCUT2D eigenvalue weighted by Gasteiger charge is -2.22. The predicted octanol–water partition coefficient (Wildman–Crippen LogP) is 7.01. The number of hydrogen-bond acceptors (Lipinski definition) is 4. The fourth-order valence-corrected chi connectivity index (χ4v) is 6.05. The third-order valence-corrected chi connectivity index (χ3v) is 8.38. The lowest BCUT2D eigenvalue weighted by Crippen LogP contribution is -2.33. The summed E-state index contributed by atoms with van der Waals surface area (Å²) in [7, 11) is 0. The van der Waals surface area contributed by atoms with Crippen LogP contribution < -0.4 is 16.4 Å². The summed E-state index contributed by atoms with van der Waals surface area (Å²) in [5.41, 5.74) is 13.0. The lowest BCUT2D eigenvalue weighted by molar-refractivity contribution is -0.119. The maximum absolute atomic E-state index is 11.9. The molecule has 5 nitrogen and oxygen atoms in total. The quantitative estimate of drug-likeness (QED) is 0.109. The van der Waals surface area contributed by atoms with Gasteiger partial charge in [-0.25, -0.2) is 0 Å². The third kappa shape index (κ3) is 13.0. The number of benzene rings is 4. The Balaban J connectivity index is 1.22. The van der Waals surface area contributed by atoms with Gasteiger partial charge in [0.15, 0.2) is 0 Å². The van der Waals surface area contributed by atoms with Crippen molar-refractivity contribution in [3.63, 3.8) is 0 Å². The first-order chi connectivity index (χ1) is 21.7. The van der Waals surface area contributed by atoms with Gasteiger partial charge < -0.3 is 16.4 Å². The van der Waals surface area contributed by atoms with E-state index in [1.165, 1.54) is 22.3 Å². The summed E-state index contributed by atoms with van der Waals surface area (Å²) < 4.78 is 0. The normalized spacial score (nSPS) is 12.7. The van der Waals surface area contributed by atoms with Crippen molar-refractivity contribution in [2.45, 2.75) is 64.7 Å². The minimum absolute atomic E-state index is 0.213. The molecule has 2 atom stereocenters. The number of primary amides is 1.